The number of benzene rings is 3. The molecule has 5 rings (SSSR count). The average molecular weight is 414 g/mol. The Morgan fingerprint density at radius 1 is 0.900 bits per heavy atom. The second-order valence-corrected chi connectivity index (χ2v) is 7.50. The van der Waals surface area contributed by atoms with Crippen LogP contribution in [0.5, 0.6) is 5.75 Å². The van der Waals surface area contributed by atoms with Crippen LogP contribution in [-0.2, 0) is 5.75 Å². The fourth-order valence-electron chi connectivity index (χ4n) is 3.28. The number of hydrogen-bond acceptors (Lipinski definition) is 6. The molecule has 0 saturated heterocycles. The molecule has 0 radical (unpaired) electrons. The quantitative estimate of drug-likeness (QED) is 0.348. The molecule has 2 heterocycles. The van der Waals surface area contributed by atoms with Crippen molar-refractivity contribution >= 4 is 22.8 Å². The van der Waals surface area contributed by atoms with Gasteiger partial charge >= 0.3 is 0 Å². The summed E-state index contributed by atoms with van der Waals surface area (Å²) in [5.74, 6) is 2.84. The molecular formula is C23H18N4O2S. The fourth-order valence-corrected chi connectivity index (χ4v) is 3.97. The van der Waals surface area contributed by atoms with Crippen LogP contribution < -0.4 is 4.74 Å². The molecule has 148 valence electrons. The van der Waals surface area contributed by atoms with Crippen LogP contribution in [-0.4, -0.2) is 26.9 Å². The van der Waals surface area contributed by atoms with Gasteiger partial charge in [0.1, 0.15) is 11.6 Å². The summed E-state index contributed by atoms with van der Waals surface area (Å²) < 4.78 is 13.3. The van der Waals surface area contributed by atoms with Crippen LogP contribution in [0.4, 0.5) is 0 Å². The average Bonchev–Trinajstić information content (AvgIpc) is 3.43. The minimum atomic E-state index is 0.516. The third-order valence-corrected chi connectivity index (χ3v) is 5.53. The van der Waals surface area contributed by atoms with E-state index in [1.54, 1.807) is 7.11 Å². The van der Waals surface area contributed by atoms with Crippen molar-refractivity contribution in [1.82, 2.24) is 19.7 Å². The van der Waals surface area contributed by atoms with Gasteiger partial charge in [-0.1, -0.05) is 42.1 Å². The molecule has 6 nitrogen and oxygen atoms in total. The maximum absolute atomic E-state index is 5.83. The van der Waals surface area contributed by atoms with E-state index in [0.29, 0.717) is 16.9 Å². The number of para-hydroxylation sites is 2. The molecule has 0 atom stereocenters. The number of aromatic nitrogens is 4. The Hall–Kier alpha value is -3.58. The number of nitrogens with zero attached hydrogens (tertiary/aromatic N) is 4. The van der Waals surface area contributed by atoms with Crippen molar-refractivity contribution in [3.8, 4) is 22.9 Å². The van der Waals surface area contributed by atoms with Gasteiger partial charge in [0.05, 0.1) is 23.9 Å². The second kappa shape index (κ2) is 8.04. The minimum Gasteiger partial charge on any atom is -0.497 e. The van der Waals surface area contributed by atoms with Gasteiger partial charge < -0.3 is 9.15 Å². The lowest BCUT2D eigenvalue weighted by atomic mass is 10.2. The van der Waals surface area contributed by atoms with Crippen molar-refractivity contribution in [2.24, 2.45) is 0 Å². The molecule has 0 amide bonds. The number of fused-ring (bicyclic) bond motifs is 1. The molecule has 3 aromatic carbocycles. The third-order valence-electron chi connectivity index (χ3n) is 4.71. The van der Waals surface area contributed by atoms with E-state index in [1.807, 2.05) is 72.8 Å². The van der Waals surface area contributed by atoms with Gasteiger partial charge in [-0.25, -0.2) is 4.98 Å². The zero-order chi connectivity index (χ0) is 20.3. The molecule has 5 aromatic rings. The summed E-state index contributed by atoms with van der Waals surface area (Å²) in [6, 6.07) is 25.8. The number of methoxy groups -OCH3 is 1. The number of rotatable bonds is 6. The molecule has 7 heteroatoms. The Bertz CT molecular complexity index is 1280. The van der Waals surface area contributed by atoms with Gasteiger partial charge in [-0.05, 0) is 48.5 Å². The van der Waals surface area contributed by atoms with Crippen molar-refractivity contribution < 1.29 is 9.15 Å². The zero-order valence-electron chi connectivity index (χ0n) is 16.2. The highest BCUT2D eigenvalue weighted by molar-refractivity contribution is 7.98. The number of hydrogen-bond donors (Lipinski definition) is 0. The first-order valence-electron chi connectivity index (χ1n) is 9.44. The van der Waals surface area contributed by atoms with Gasteiger partial charge in [0.25, 0.3) is 5.22 Å². The van der Waals surface area contributed by atoms with Crippen LogP contribution in [0.3, 0.4) is 0 Å². The normalized spacial score (nSPS) is 11.1. The molecule has 0 saturated carbocycles. The van der Waals surface area contributed by atoms with E-state index in [0.717, 1.165) is 33.9 Å². The standard InChI is InChI=1S/C23H18N4O2S/c1-28-18-13-11-17(12-14-18)27-20-10-6-5-9-19(20)24-21(27)15-30-23-26-25-22(29-23)16-7-3-2-4-8-16/h2-14H,15H2,1H3. The first kappa shape index (κ1) is 18.4. The molecule has 0 spiro atoms. The van der Waals surface area contributed by atoms with Gasteiger partial charge in [0, 0.05) is 11.3 Å². The zero-order valence-corrected chi connectivity index (χ0v) is 17.0. The van der Waals surface area contributed by atoms with Gasteiger partial charge in [0.15, 0.2) is 0 Å². The smallest absolute Gasteiger partial charge is 0.277 e. The third kappa shape index (κ3) is 3.55. The van der Waals surface area contributed by atoms with Gasteiger partial charge in [-0.2, -0.15) is 0 Å². The predicted molar refractivity (Wildman–Crippen MR) is 117 cm³/mol. The molecular weight excluding hydrogens is 396 g/mol. The second-order valence-electron chi connectivity index (χ2n) is 6.58. The molecule has 0 bridgehead atoms. The molecule has 0 aliphatic heterocycles. The maximum Gasteiger partial charge on any atom is 0.277 e. The van der Waals surface area contributed by atoms with Gasteiger partial charge in [-0.3, -0.25) is 4.57 Å². The highest BCUT2D eigenvalue weighted by atomic mass is 32.2. The Morgan fingerprint density at radius 3 is 2.47 bits per heavy atom. The maximum atomic E-state index is 5.83. The lowest BCUT2D eigenvalue weighted by Crippen LogP contribution is -2.00. The lowest BCUT2D eigenvalue weighted by Gasteiger charge is -2.09. The van der Waals surface area contributed by atoms with Crippen molar-refractivity contribution in [3.05, 3.63) is 84.7 Å². The molecule has 0 N–H and O–H groups in total. The van der Waals surface area contributed by atoms with Gasteiger partial charge in [-0.15, -0.1) is 10.2 Å². The van der Waals surface area contributed by atoms with Crippen LogP contribution >= 0.6 is 11.8 Å². The topological polar surface area (TPSA) is 66.0 Å². The highest BCUT2D eigenvalue weighted by Gasteiger charge is 2.15. The van der Waals surface area contributed by atoms with E-state index in [9.17, 15) is 0 Å². The minimum absolute atomic E-state index is 0.516. The summed E-state index contributed by atoms with van der Waals surface area (Å²) in [5, 5.41) is 8.86. The van der Waals surface area contributed by atoms with Crippen molar-refractivity contribution in [2.75, 3.05) is 7.11 Å². The molecule has 30 heavy (non-hydrogen) atoms. The van der Waals surface area contributed by atoms with Crippen LogP contribution in [0.2, 0.25) is 0 Å². The Labute approximate surface area is 177 Å². The molecule has 0 aliphatic rings. The van der Waals surface area contributed by atoms with E-state index >= 15 is 0 Å². The van der Waals surface area contributed by atoms with Crippen LogP contribution in [0.1, 0.15) is 5.82 Å². The Morgan fingerprint density at radius 2 is 1.67 bits per heavy atom. The van der Waals surface area contributed by atoms with Crippen LogP contribution in [0, 0.1) is 0 Å². The monoisotopic (exact) mass is 414 g/mol. The number of ether oxygens (including phenoxy) is 1. The molecule has 0 fully saturated rings. The number of thioether (sulfide) groups is 1. The van der Waals surface area contributed by atoms with Gasteiger partial charge in [0.2, 0.25) is 5.89 Å². The SMILES string of the molecule is COc1ccc(-n2c(CSc3nnc(-c4ccccc4)o3)nc3ccccc32)cc1. The first-order valence-corrected chi connectivity index (χ1v) is 10.4. The van der Waals surface area contributed by atoms with E-state index in [4.69, 9.17) is 14.1 Å². The molecule has 0 unspecified atom stereocenters. The molecule has 0 aliphatic carbocycles. The summed E-state index contributed by atoms with van der Waals surface area (Å²) in [6.07, 6.45) is 0. The van der Waals surface area contributed by atoms with Crippen molar-refractivity contribution in [3.63, 3.8) is 0 Å². The van der Waals surface area contributed by atoms with Crippen LogP contribution in [0.25, 0.3) is 28.2 Å². The van der Waals surface area contributed by atoms with E-state index in [1.165, 1.54) is 11.8 Å². The fraction of sp³-hybridized carbons (Fsp3) is 0.0870. The Kier molecular flexibility index (Phi) is 4.94. The highest BCUT2D eigenvalue weighted by Crippen LogP contribution is 2.29. The summed E-state index contributed by atoms with van der Waals surface area (Å²) >= 11 is 1.47. The molecule has 2 aromatic heterocycles. The number of imidazole rings is 1. The van der Waals surface area contributed by atoms with E-state index < -0.39 is 0 Å². The summed E-state index contributed by atoms with van der Waals surface area (Å²) in [5.41, 5.74) is 3.92. The van der Waals surface area contributed by atoms with Crippen molar-refractivity contribution in [2.45, 2.75) is 11.0 Å². The summed E-state index contributed by atoms with van der Waals surface area (Å²) in [4.78, 5) is 4.83. The first-order chi connectivity index (χ1) is 14.8. The largest absolute Gasteiger partial charge is 0.497 e. The predicted octanol–water partition coefficient (Wildman–Crippen LogP) is 5.38. The van der Waals surface area contributed by atoms with E-state index in [2.05, 4.69) is 20.8 Å². The van der Waals surface area contributed by atoms with E-state index in [-0.39, 0.29) is 0 Å². The summed E-state index contributed by atoms with van der Waals surface area (Å²) in [7, 11) is 1.66. The summed E-state index contributed by atoms with van der Waals surface area (Å²) in [6.45, 7) is 0. The van der Waals surface area contributed by atoms with Crippen molar-refractivity contribution in [1.29, 1.82) is 0 Å². The van der Waals surface area contributed by atoms with Crippen LogP contribution in [0.15, 0.2) is 88.5 Å². The lowest BCUT2D eigenvalue weighted by molar-refractivity contribution is 0.414. The Balaban J connectivity index is 1.45.